The lowest BCUT2D eigenvalue weighted by atomic mass is 10.1. The van der Waals surface area contributed by atoms with E-state index < -0.39 is 10.1 Å². The molecule has 1 aromatic heterocycles. The van der Waals surface area contributed by atoms with Crippen LogP contribution < -0.4 is 4.18 Å². The van der Waals surface area contributed by atoms with Crippen molar-refractivity contribution in [2.75, 3.05) is 6.61 Å². The Morgan fingerprint density at radius 3 is 2.32 bits per heavy atom. The van der Waals surface area contributed by atoms with Crippen LogP contribution >= 0.6 is 23.2 Å². The summed E-state index contributed by atoms with van der Waals surface area (Å²) in [6.45, 7) is 5.75. The lowest BCUT2D eigenvalue weighted by Crippen LogP contribution is -2.18. The Labute approximate surface area is 157 Å². The molecule has 0 aliphatic heterocycles. The van der Waals surface area contributed by atoms with Gasteiger partial charge in [-0.1, -0.05) is 37.0 Å². The molecule has 9 heteroatoms. The van der Waals surface area contributed by atoms with Crippen molar-refractivity contribution < 1.29 is 17.7 Å². The molecular formula is C16H20Cl2N2O4S. The molecule has 1 N–H and O–H groups in total. The van der Waals surface area contributed by atoms with E-state index in [9.17, 15) is 13.5 Å². The van der Waals surface area contributed by atoms with Gasteiger partial charge in [-0.15, -0.1) is 0 Å². The molecule has 0 saturated heterocycles. The van der Waals surface area contributed by atoms with Gasteiger partial charge < -0.3 is 13.9 Å². The monoisotopic (exact) mass is 406 g/mol. The molecule has 2 rings (SSSR count). The lowest BCUT2D eigenvalue weighted by molar-refractivity contribution is 0.294. The number of aromatic nitrogens is 2. The third kappa shape index (κ3) is 4.47. The van der Waals surface area contributed by atoms with Gasteiger partial charge in [-0.05, 0) is 18.9 Å². The van der Waals surface area contributed by atoms with Gasteiger partial charge in [0.15, 0.2) is 5.03 Å². The van der Waals surface area contributed by atoms with Gasteiger partial charge >= 0.3 is 10.1 Å². The summed E-state index contributed by atoms with van der Waals surface area (Å²) in [7, 11) is -4.16. The number of aliphatic hydroxyl groups excluding tert-OH is 1. The fourth-order valence-corrected chi connectivity index (χ4v) is 4.48. The predicted octanol–water partition coefficient (Wildman–Crippen LogP) is 3.64. The minimum atomic E-state index is -4.16. The number of benzene rings is 1. The third-order valence-corrected chi connectivity index (χ3v) is 5.25. The molecule has 0 aliphatic carbocycles. The number of aliphatic hydroxyl groups is 1. The molecule has 1 heterocycles. The van der Waals surface area contributed by atoms with Crippen molar-refractivity contribution in [3.05, 3.63) is 39.8 Å². The van der Waals surface area contributed by atoms with Crippen molar-refractivity contribution in [1.82, 2.24) is 9.55 Å². The highest BCUT2D eigenvalue weighted by molar-refractivity contribution is 7.87. The molecule has 0 radical (unpaired) electrons. The number of imidazole rings is 1. The number of rotatable bonds is 7. The first-order chi connectivity index (χ1) is 11.7. The first-order valence-corrected chi connectivity index (χ1v) is 9.96. The maximum atomic E-state index is 12.9. The van der Waals surface area contributed by atoms with Crippen molar-refractivity contribution in [2.24, 2.45) is 0 Å². The second-order valence-electron chi connectivity index (χ2n) is 5.73. The number of nitrogens with zero attached hydrogens (tertiary/aromatic N) is 2. The normalized spacial score (nSPS) is 12.0. The van der Waals surface area contributed by atoms with Crippen LogP contribution in [0.2, 0.25) is 10.0 Å². The van der Waals surface area contributed by atoms with Gasteiger partial charge in [0.05, 0.1) is 12.3 Å². The van der Waals surface area contributed by atoms with Crippen LogP contribution in [0, 0.1) is 0 Å². The minimum Gasteiger partial charge on any atom is -0.396 e. The highest BCUT2D eigenvalue weighted by Gasteiger charge is 2.30. The lowest BCUT2D eigenvalue weighted by Gasteiger charge is -2.13. The first kappa shape index (κ1) is 20.0. The zero-order chi connectivity index (χ0) is 18.8. The highest BCUT2D eigenvalue weighted by atomic mass is 35.5. The van der Waals surface area contributed by atoms with Crippen molar-refractivity contribution >= 4 is 33.3 Å². The van der Waals surface area contributed by atoms with E-state index in [4.69, 9.17) is 27.4 Å². The summed E-state index contributed by atoms with van der Waals surface area (Å²) in [4.78, 5) is 4.40. The summed E-state index contributed by atoms with van der Waals surface area (Å²) in [5.74, 6) is 0.390. The Bertz CT molecular complexity index is 843. The SMILES string of the molecule is CCn1c(CCO)nc(C(C)C)c1S(=O)(=O)Oc1cc(Cl)cc(Cl)c1. The van der Waals surface area contributed by atoms with Crippen LogP contribution in [0.4, 0.5) is 0 Å². The maximum Gasteiger partial charge on any atom is 0.357 e. The Morgan fingerprint density at radius 2 is 1.84 bits per heavy atom. The molecule has 25 heavy (non-hydrogen) atoms. The average Bonchev–Trinajstić information content (AvgIpc) is 2.85. The summed E-state index contributed by atoms with van der Waals surface area (Å²) in [6.07, 6.45) is 0.256. The van der Waals surface area contributed by atoms with Gasteiger partial charge in [-0.2, -0.15) is 8.42 Å². The van der Waals surface area contributed by atoms with Crippen LogP contribution in [-0.2, 0) is 23.1 Å². The number of hydrogen-bond donors (Lipinski definition) is 1. The van der Waals surface area contributed by atoms with Gasteiger partial charge in [-0.25, -0.2) is 4.98 Å². The van der Waals surface area contributed by atoms with Crippen LogP contribution in [0.1, 0.15) is 38.2 Å². The van der Waals surface area contributed by atoms with E-state index in [0.29, 0.717) is 18.1 Å². The summed E-state index contributed by atoms with van der Waals surface area (Å²) in [5, 5.41) is 9.74. The molecule has 0 amide bonds. The molecule has 0 aliphatic rings. The van der Waals surface area contributed by atoms with Crippen molar-refractivity contribution in [3.63, 3.8) is 0 Å². The molecule has 0 atom stereocenters. The second kappa shape index (κ2) is 7.95. The molecule has 1 aromatic carbocycles. The third-order valence-electron chi connectivity index (χ3n) is 3.50. The molecule has 138 valence electrons. The molecule has 0 bridgehead atoms. The van der Waals surface area contributed by atoms with Crippen LogP contribution in [0.15, 0.2) is 23.2 Å². The summed E-state index contributed by atoms with van der Waals surface area (Å²) >= 11 is 11.8. The molecule has 0 spiro atoms. The number of hydrogen-bond acceptors (Lipinski definition) is 5. The molecule has 0 saturated carbocycles. The molecule has 6 nitrogen and oxygen atoms in total. The fraction of sp³-hybridized carbons (Fsp3) is 0.438. The summed E-state index contributed by atoms with van der Waals surface area (Å²) in [6, 6.07) is 4.24. The van der Waals surface area contributed by atoms with E-state index in [1.807, 2.05) is 20.8 Å². The minimum absolute atomic E-state index is 0.00968. The van der Waals surface area contributed by atoms with Crippen LogP contribution in [-0.4, -0.2) is 29.7 Å². The largest absolute Gasteiger partial charge is 0.396 e. The van der Waals surface area contributed by atoms with Crippen molar-refractivity contribution in [2.45, 2.75) is 44.7 Å². The topological polar surface area (TPSA) is 81.4 Å². The van der Waals surface area contributed by atoms with Gasteiger partial charge in [0.25, 0.3) is 0 Å². The van der Waals surface area contributed by atoms with Crippen molar-refractivity contribution in [3.8, 4) is 5.75 Å². The number of halogens is 2. The van der Waals surface area contributed by atoms with Crippen LogP contribution in [0.25, 0.3) is 0 Å². The molecule has 2 aromatic rings. The van der Waals surface area contributed by atoms with Gasteiger partial charge in [0.2, 0.25) is 0 Å². The van der Waals surface area contributed by atoms with E-state index in [1.165, 1.54) is 18.2 Å². The Kier molecular flexibility index (Phi) is 6.37. The van der Waals surface area contributed by atoms with E-state index >= 15 is 0 Å². The Balaban J connectivity index is 2.57. The van der Waals surface area contributed by atoms with E-state index in [1.54, 1.807) is 4.57 Å². The van der Waals surface area contributed by atoms with Crippen molar-refractivity contribution in [1.29, 1.82) is 0 Å². The van der Waals surface area contributed by atoms with E-state index in [2.05, 4.69) is 4.98 Å². The summed E-state index contributed by atoms with van der Waals surface area (Å²) < 4.78 is 32.6. The van der Waals surface area contributed by atoms with E-state index in [-0.39, 0.29) is 39.8 Å². The standard InChI is InChI=1S/C16H20Cl2N2O4S/c1-4-20-14(5-6-21)19-15(10(2)3)16(20)25(22,23)24-13-8-11(17)7-12(18)9-13/h7-10,21H,4-6H2,1-3H3. The van der Waals surface area contributed by atoms with E-state index in [0.717, 1.165) is 0 Å². The predicted molar refractivity (Wildman–Crippen MR) is 97.1 cm³/mol. The average molecular weight is 407 g/mol. The highest BCUT2D eigenvalue weighted by Crippen LogP contribution is 2.30. The fourth-order valence-electron chi connectivity index (χ4n) is 2.50. The Morgan fingerprint density at radius 1 is 1.24 bits per heavy atom. The van der Waals surface area contributed by atoms with Gasteiger partial charge in [0, 0.05) is 35.1 Å². The smallest absolute Gasteiger partial charge is 0.357 e. The molecular weight excluding hydrogens is 387 g/mol. The quantitative estimate of drug-likeness (QED) is 0.709. The maximum absolute atomic E-state index is 12.9. The van der Waals surface area contributed by atoms with Crippen LogP contribution in [0.3, 0.4) is 0 Å². The zero-order valence-corrected chi connectivity index (χ0v) is 16.5. The first-order valence-electron chi connectivity index (χ1n) is 7.80. The van der Waals surface area contributed by atoms with Gasteiger partial charge in [0.1, 0.15) is 11.6 Å². The second-order valence-corrected chi connectivity index (χ2v) is 8.07. The van der Waals surface area contributed by atoms with Gasteiger partial charge in [-0.3, -0.25) is 0 Å². The van der Waals surface area contributed by atoms with Crippen LogP contribution in [0.5, 0.6) is 5.75 Å². The Hall–Kier alpha value is -1.28. The molecule has 0 fully saturated rings. The zero-order valence-electron chi connectivity index (χ0n) is 14.2. The summed E-state index contributed by atoms with van der Waals surface area (Å²) in [5.41, 5.74) is 0.401. The molecule has 0 unspecified atom stereocenters.